The number of aromatic nitrogens is 2. The number of hydrogen-bond donors (Lipinski definition) is 2. The van der Waals surface area contributed by atoms with Gasteiger partial charge in [0.25, 0.3) is 5.91 Å². The number of amides is 2. The molecule has 0 aliphatic heterocycles. The highest BCUT2D eigenvalue weighted by Gasteiger charge is 2.21. The first kappa shape index (κ1) is 17.0. The van der Waals surface area contributed by atoms with E-state index in [0.717, 1.165) is 16.5 Å². The Bertz CT molecular complexity index is 945. The molecule has 0 aliphatic carbocycles. The third kappa shape index (κ3) is 4.00. The zero-order chi connectivity index (χ0) is 17.8. The van der Waals surface area contributed by atoms with Crippen LogP contribution in [0.4, 0.5) is 0 Å². The second kappa shape index (κ2) is 7.40. The van der Waals surface area contributed by atoms with Gasteiger partial charge in [0.05, 0.1) is 11.1 Å². The highest BCUT2D eigenvalue weighted by Crippen LogP contribution is 2.16. The number of nitrogens with two attached hydrogens (primary N) is 1. The van der Waals surface area contributed by atoms with Crippen molar-refractivity contribution in [3.8, 4) is 0 Å². The number of hydrogen-bond acceptors (Lipinski definition) is 4. The first-order valence-corrected chi connectivity index (χ1v) is 8.38. The molecule has 1 atom stereocenters. The van der Waals surface area contributed by atoms with Gasteiger partial charge in [-0.2, -0.15) is 0 Å². The van der Waals surface area contributed by atoms with Crippen LogP contribution in [0.15, 0.2) is 59.5 Å². The van der Waals surface area contributed by atoms with Gasteiger partial charge in [0, 0.05) is 24.2 Å². The maximum atomic E-state index is 12.5. The second-order valence-electron chi connectivity index (χ2n) is 5.50. The van der Waals surface area contributed by atoms with E-state index in [9.17, 15) is 9.59 Å². The molecule has 25 heavy (non-hydrogen) atoms. The number of halogens is 1. The minimum absolute atomic E-state index is 0.247. The van der Waals surface area contributed by atoms with Crippen LogP contribution in [0.3, 0.4) is 0 Å². The van der Waals surface area contributed by atoms with Crippen LogP contribution in [0.2, 0.25) is 0 Å². The molecule has 6 nitrogen and oxygen atoms in total. The van der Waals surface area contributed by atoms with Crippen molar-refractivity contribution in [2.24, 2.45) is 5.73 Å². The van der Waals surface area contributed by atoms with Crippen molar-refractivity contribution in [1.82, 2.24) is 15.3 Å². The quantitative estimate of drug-likeness (QED) is 0.643. The monoisotopic (exact) mass is 398 g/mol. The summed E-state index contributed by atoms with van der Waals surface area (Å²) in [5.41, 5.74) is 7.39. The molecule has 1 aromatic carbocycles. The molecular weight excluding hydrogens is 384 g/mol. The molecule has 2 aromatic heterocycles. The maximum absolute atomic E-state index is 12.5. The molecule has 0 fully saturated rings. The lowest BCUT2D eigenvalue weighted by molar-refractivity contribution is -0.119. The van der Waals surface area contributed by atoms with Gasteiger partial charge >= 0.3 is 0 Å². The molecule has 3 rings (SSSR count). The molecule has 3 N–H and O–H groups in total. The summed E-state index contributed by atoms with van der Waals surface area (Å²) in [6.07, 6.45) is 3.36. The van der Waals surface area contributed by atoms with Gasteiger partial charge in [-0.15, -0.1) is 0 Å². The fourth-order valence-corrected chi connectivity index (χ4v) is 2.86. The first-order valence-electron chi connectivity index (χ1n) is 7.59. The number of benzene rings is 1. The Labute approximate surface area is 152 Å². The molecule has 7 heteroatoms. The van der Waals surface area contributed by atoms with E-state index in [2.05, 4.69) is 31.2 Å². The van der Waals surface area contributed by atoms with Gasteiger partial charge in [-0.25, -0.2) is 4.98 Å². The highest BCUT2D eigenvalue weighted by molar-refractivity contribution is 9.10. The number of carbonyl (C=O) groups excluding carboxylic acids is 2. The average molecular weight is 399 g/mol. The topological polar surface area (TPSA) is 98.0 Å². The van der Waals surface area contributed by atoms with E-state index in [1.165, 1.54) is 6.20 Å². The van der Waals surface area contributed by atoms with Crippen LogP contribution in [0.1, 0.15) is 15.9 Å². The van der Waals surface area contributed by atoms with Gasteiger partial charge in [0.1, 0.15) is 10.6 Å². The van der Waals surface area contributed by atoms with E-state index in [-0.39, 0.29) is 6.42 Å². The van der Waals surface area contributed by atoms with Gasteiger partial charge < -0.3 is 11.1 Å². The zero-order valence-electron chi connectivity index (χ0n) is 13.1. The zero-order valence-corrected chi connectivity index (χ0v) is 14.7. The second-order valence-corrected chi connectivity index (χ2v) is 6.25. The third-order valence-electron chi connectivity index (χ3n) is 3.76. The van der Waals surface area contributed by atoms with E-state index >= 15 is 0 Å². The van der Waals surface area contributed by atoms with Crippen LogP contribution in [-0.2, 0) is 11.2 Å². The van der Waals surface area contributed by atoms with Crippen LogP contribution in [0.5, 0.6) is 0 Å². The smallest absolute Gasteiger partial charge is 0.253 e. The molecule has 2 heterocycles. The standard InChI is InChI=1S/C18H15BrN4O2/c19-16-12(5-3-7-21-16)9-15(17(20)24)23-18(25)13-8-11-4-1-2-6-14(11)22-10-13/h1-8,10,15H,9H2,(H2,20,24)(H,23,25)/t15-/m1/s1. The van der Waals surface area contributed by atoms with Gasteiger partial charge in [0.15, 0.2) is 0 Å². The Balaban J connectivity index is 1.80. The Morgan fingerprint density at radius 1 is 1.16 bits per heavy atom. The van der Waals surface area contributed by atoms with Crippen molar-refractivity contribution in [1.29, 1.82) is 0 Å². The van der Waals surface area contributed by atoms with Crippen molar-refractivity contribution in [3.63, 3.8) is 0 Å². The van der Waals surface area contributed by atoms with E-state index in [1.807, 2.05) is 30.3 Å². The highest BCUT2D eigenvalue weighted by atomic mass is 79.9. The van der Waals surface area contributed by atoms with Crippen LogP contribution < -0.4 is 11.1 Å². The minimum atomic E-state index is -0.848. The molecule has 2 amide bonds. The Morgan fingerprint density at radius 2 is 1.96 bits per heavy atom. The number of fused-ring (bicyclic) bond motifs is 1. The molecule has 0 saturated carbocycles. The van der Waals surface area contributed by atoms with Crippen LogP contribution >= 0.6 is 15.9 Å². The molecule has 0 unspecified atom stereocenters. The van der Waals surface area contributed by atoms with Crippen molar-refractivity contribution in [2.75, 3.05) is 0 Å². The number of rotatable bonds is 5. The largest absolute Gasteiger partial charge is 0.368 e. The number of nitrogens with one attached hydrogen (secondary N) is 1. The number of para-hydroxylation sites is 1. The summed E-state index contributed by atoms with van der Waals surface area (Å²) in [7, 11) is 0. The SMILES string of the molecule is NC(=O)[C@@H](Cc1cccnc1Br)NC(=O)c1cnc2ccccc2c1. The molecular formula is C18H15BrN4O2. The summed E-state index contributed by atoms with van der Waals surface area (Å²) in [5.74, 6) is -1.01. The van der Waals surface area contributed by atoms with Crippen LogP contribution in [-0.4, -0.2) is 27.8 Å². The van der Waals surface area contributed by atoms with Crippen molar-refractivity contribution in [3.05, 3.63) is 70.6 Å². The van der Waals surface area contributed by atoms with Crippen molar-refractivity contribution >= 4 is 38.6 Å². The number of nitrogens with zero attached hydrogens (tertiary/aromatic N) is 2. The summed E-state index contributed by atoms with van der Waals surface area (Å²) >= 11 is 3.33. The van der Waals surface area contributed by atoms with E-state index in [0.29, 0.717) is 10.2 Å². The maximum Gasteiger partial charge on any atom is 0.253 e. The van der Waals surface area contributed by atoms with Gasteiger partial charge in [0.2, 0.25) is 5.91 Å². The fourth-order valence-electron chi connectivity index (χ4n) is 2.45. The number of carbonyl (C=O) groups is 2. The summed E-state index contributed by atoms with van der Waals surface area (Å²) in [4.78, 5) is 32.6. The molecule has 0 spiro atoms. The lowest BCUT2D eigenvalue weighted by atomic mass is 10.1. The van der Waals surface area contributed by atoms with Gasteiger partial charge in [-0.3, -0.25) is 14.6 Å². The Kier molecular flexibility index (Phi) is 5.04. The minimum Gasteiger partial charge on any atom is -0.368 e. The lowest BCUT2D eigenvalue weighted by Crippen LogP contribution is -2.46. The van der Waals surface area contributed by atoms with Crippen LogP contribution in [0, 0.1) is 0 Å². The third-order valence-corrected chi connectivity index (χ3v) is 4.48. The van der Waals surface area contributed by atoms with Crippen molar-refractivity contribution in [2.45, 2.75) is 12.5 Å². The Morgan fingerprint density at radius 3 is 2.72 bits per heavy atom. The Hall–Kier alpha value is -2.80. The van der Waals surface area contributed by atoms with Gasteiger partial charge in [-0.1, -0.05) is 24.3 Å². The summed E-state index contributed by atoms with van der Waals surface area (Å²) in [5, 5.41) is 3.52. The van der Waals surface area contributed by atoms with Gasteiger partial charge in [-0.05, 0) is 39.7 Å². The summed E-state index contributed by atoms with van der Waals surface area (Å²) in [6, 6.07) is 11.9. The molecule has 126 valence electrons. The average Bonchev–Trinajstić information content (AvgIpc) is 2.62. The predicted molar refractivity (Wildman–Crippen MR) is 97.8 cm³/mol. The number of pyridine rings is 2. The normalized spacial score (nSPS) is 11.9. The lowest BCUT2D eigenvalue weighted by Gasteiger charge is -2.16. The first-order chi connectivity index (χ1) is 12.0. The fraction of sp³-hybridized carbons (Fsp3) is 0.111. The summed E-state index contributed by atoms with van der Waals surface area (Å²) < 4.78 is 0.614. The molecule has 0 bridgehead atoms. The van der Waals surface area contributed by atoms with E-state index < -0.39 is 17.9 Å². The molecule has 0 saturated heterocycles. The number of primary amides is 1. The molecule has 0 aliphatic rings. The van der Waals surface area contributed by atoms with E-state index in [1.54, 1.807) is 18.3 Å². The molecule has 0 radical (unpaired) electrons. The molecule has 3 aromatic rings. The summed E-state index contributed by atoms with van der Waals surface area (Å²) in [6.45, 7) is 0. The van der Waals surface area contributed by atoms with Crippen LogP contribution in [0.25, 0.3) is 10.9 Å². The predicted octanol–water partition coefficient (Wildman–Crippen LogP) is 2.22. The van der Waals surface area contributed by atoms with Crippen molar-refractivity contribution < 1.29 is 9.59 Å². The van der Waals surface area contributed by atoms with E-state index in [4.69, 9.17) is 5.73 Å².